The third kappa shape index (κ3) is 4.90. The number of aliphatic carboxylic acids is 1. The number of carboxylic acid groups (broad SMARTS) is 1. The van der Waals surface area contributed by atoms with E-state index in [1.807, 2.05) is 0 Å². The van der Waals surface area contributed by atoms with Gasteiger partial charge in [-0.15, -0.1) is 0 Å². The molecular weight excluding hydrogens is 249 g/mol. The molecule has 0 heterocycles. The van der Waals surface area contributed by atoms with Crippen molar-refractivity contribution in [1.29, 1.82) is 0 Å². The molecule has 1 rings (SSSR count). The van der Waals surface area contributed by atoms with Crippen molar-refractivity contribution in [3.8, 4) is 5.75 Å². The van der Waals surface area contributed by atoms with Crippen LogP contribution in [-0.4, -0.2) is 23.9 Å². The predicted molar refractivity (Wildman–Crippen MR) is 59.4 cm³/mol. The number of ether oxygens (including phenoxy) is 1. The zero-order valence-electron chi connectivity index (χ0n) is 9.49. The van der Waals surface area contributed by atoms with Crippen molar-refractivity contribution in [1.82, 2.24) is 0 Å². The second-order valence-electron chi connectivity index (χ2n) is 3.62. The summed E-state index contributed by atoms with van der Waals surface area (Å²) in [5, 5.41) is 8.49. The molecule has 6 heteroatoms. The van der Waals surface area contributed by atoms with Gasteiger partial charge in [0, 0.05) is 11.6 Å². The molecule has 1 aromatic carbocycles. The van der Waals surface area contributed by atoms with Gasteiger partial charge in [-0.2, -0.15) is 13.2 Å². The Hall–Kier alpha value is -1.98. The molecule has 0 amide bonds. The summed E-state index contributed by atoms with van der Waals surface area (Å²) in [6.07, 6.45) is -2.39. The van der Waals surface area contributed by atoms with Crippen LogP contribution in [0.25, 0.3) is 6.08 Å². The fourth-order valence-electron chi connectivity index (χ4n) is 1.25. The van der Waals surface area contributed by atoms with Crippen molar-refractivity contribution in [2.45, 2.75) is 13.1 Å². The van der Waals surface area contributed by atoms with Gasteiger partial charge < -0.3 is 9.84 Å². The van der Waals surface area contributed by atoms with Crippen LogP contribution in [0.1, 0.15) is 11.1 Å². The smallest absolute Gasteiger partial charge is 0.422 e. The topological polar surface area (TPSA) is 46.5 Å². The summed E-state index contributed by atoms with van der Waals surface area (Å²) < 4.78 is 40.7. The van der Waals surface area contributed by atoms with Gasteiger partial charge >= 0.3 is 12.1 Å². The Morgan fingerprint density at radius 2 is 2.11 bits per heavy atom. The highest BCUT2D eigenvalue weighted by molar-refractivity contribution is 5.85. The number of alkyl halides is 3. The monoisotopic (exact) mass is 260 g/mol. The first kappa shape index (κ1) is 14.1. The first-order chi connectivity index (χ1) is 8.28. The van der Waals surface area contributed by atoms with Gasteiger partial charge in [-0.05, 0) is 25.1 Å². The lowest BCUT2D eigenvalue weighted by Gasteiger charge is -2.11. The summed E-state index contributed by atoms with van der Waals surface area (Å²) in [4.78, 5) is 10.4. The average molecular weight is 260 g/mol. The molecule has 0 saturated carbocycles. The second kappa shape index (κ2) is 5.57. The van der Waals surface area contributed by atoms with Crippen molar-refractivity contribution in [2.75, 3.05) is 6.61 Å². The molecule has 18 heavy (non-hydrogen) atoms. The van der Waals surface area contributed by atoms with Crippen molar-refractivity contribution < 1.29 is 27.8 Å². The highest BCUT2D eigenvalue weighted by Crippen LogP contribution is 2.24. The van der Waals surface area contributed by atoms with Crippen LogP contribution >= 0.6 is 0 Å². The standard InChI is InChI=1S/C12H11F3O3/c1-8-2-4-10(18-7-12(13,14)15)9(6-8)3-5-11(16)17/h2-6H,7H2,1H3,(H,16,17)/b5-3+. The van der Waals surface area contributed by atoms with Crippen LogP contribution in [0, 0.1) is 6.92 Å². The molecule has 98 valence electrons. The summed E-state index contributed by atoms with van der Waals surface area (Å²) in [7, 11) is 0. The van der Waals surface area contributed by atoms with Gasteiger partial charge in [0.05, 0.1) is 0 Å². The Bertz CT molecular complexity index is 464. The zero-order valence-corrected chi connectivity index (χ0v) is 9.49. The van der Waals surface area contributed by atoms with E-state index in [1.54, 1.807) is 19.1 Å². The number of hydrogen-bond acceptors (Lipinski definition) is 2. The Balaban J connectivity index is 2.93. The minimum Gasteiger partial charge on any atom is -0.484 e. The molecule has 1 aromatic rings. The fourth-order valence-corrected chi connectivity index (χ4v) is 1.25. The molecule has 0 aliphatic carbocycles. The fraction of sp³-hybridized carbons (Fsp3) is 0.250. The van der Waals surface area contributed by atoms with Crippen LogP contribution in [-0.2, 0) is 4.79 Å². The SMILES string of the molecule is Cc1ccc(OCC(F)(F)F)c(/C=C/C(=O)O)c1. The second-order valence-corrected chi connectivity index (χ2v) is 3.62. The quantitative estimate of drug-likeness (QED) is 0.846. The number of benzene rings is 1. The Morgan fingerprint density at radius 1 is 1.44 bits per heavy atom. The van der Waals surface area contributed by atoms with E-state index in [0.29, 0.717) is 5.56 Å². The van der Waals surface area contributed by atoms with Crippen molar-refractivity contribution >= 4 is 12.0 Å². The third-order valence-electron chi connectivity index (χ3n) is 1.96. The molecule has 0 saturated heterocycles. The Kier molecular flexibility index (Phi) is 4.36. The van der Waals surface area contributed by atoms with E-state index in [1.165, 1.54) is 12.1 Å². The van der Waals surface area contributed by atoms with Crippen LogP contribution in [0.4, 0.5) is 13.2 Å². The molecule has 0 radical (unpaired) electrons. The van der Waals surface area contributed by atoms with Gasteiger partial charge in [0.1, 0.15) is 5.75 Å². The molecular formula is C12H11F3O3. The van der Waals surface area contributed by atoms with Crippen LogP contribution in [0.2, 0.25) is 0 Å². The van der Waals surface area contributed by atoms with E-state index in [-0.39, 0.29) is 5.75 Å². The summed E-state index contributed by atoms with van der Waals surface area (Å²) >= 11 is 0. The normalized spacial score (nSPS) is 11.8. The lowest BCUT2D eigenvalue weighted by Crippen LogP contribution is -2.19. The maximum Gasteiger partial charge on any atom is 0.422 e. The predicted octanol–water partition coefficient (Wildman–Crippen LogP) is 3.03. The molecule has 0 aliphatic rings. The number of hydrogen-bond donors (Lipinski definition) is 1. The first-order valence-corrected chi connectivity index (χ1v) is 4.99. The summed E-state index contributed by atoms with van der Waals surface area (Å²) in [6.45, 7) is 0.329. The van der Waals surface area contributed by atoms with E-state index in [2.05, 4.69) is 4.74 Å². The van der Waals surface area contributed by atoms with Gasteiger partial charge in [0.25, 0.3) is 0 Å². The zero-order chi connectivity index (χ0) is 13.8. The van der Waals surface area contributed by atoms with E-state index in [4.69, 9.17) is 5.11 Å². The molecule has 0 spiro atoms. The molecule has 0 aliphatic heterocycles. The van der Waals surface area contributed by atoms with E-state index >= 15 is 0 Å². The number of rotatable bonds is 4. The van der Waals surface area contributed by atoms with Crippen molar-refractivity contribution in [3.05, 3.63) is 35.4 Å². The van der Waals surface area contributed by atoms with E-state index < -0.39 is 18.8 Å². The van der Waals surface area contributed by atoms with E-state index in [9.17, 15) is 18.0 Å². The molecule has 0 aromatic heterocycles. The third-order valence-corrected chi connectivity index (χ3v) is 1.96. The highest BCUT2D eigenvalue weighted by Gasteiger charge is 2.28. The molecule has 3 nitrogen and oxygen atoms in total. The lowest BCUT2D eigenvalue weighted by atomic mass is 10.1. The van der Waals surface area contributed by atoms with Crippen LogP contribution in [0.5, 0.6) is 5.75 Å². The van der Waals surface area contributed by atoms with E-state index in [0.717, 1.165) is 11.6 Å². The lowest BCUT2D eigenvalue weighted by molar-refractivity contribution is -0.153. The molecule has 0 fully saturated rings. The van der Waals surface area contributed by atoms with Crippen LogP contribution in [0.3, 0.4) is 0 Å². The molecule has 0 bridgehead atoms. The van der Waals surface area contributed by atoms with Gasteiger partial charge in [0.15, 0.2) is 6.61 Å². The minimum atomic E-state index is -4.43. The highest BCUT2D eigenvalue weighted by atomic mass is 19.4. The average Bonchev–Trinajstić information content (AvgIpc) is 2.23. The number of aryl methyl sites for hydroxylation is 1. The summed E-state index contributed by atoms with van der Waals surface area (Å²) in [6, 6.07) is 4.51. The van der Waals surface area contributed by atoms with Gasteiger partial charge in [-0.25, -0.2) is 4.79 Å². The maximum absolute atomic E-state index is 12.0. The maximum atomic E-state index is 12.0. The molecule has 0 unspecified atom stereocenters. The van der Waals surface area contributed by atoms with Crippen molar-refractivity contribution in [3.63, 3.8) is 0 Å². The van der Waals surface area contributed by atoms with Gasteiger partial charge in [-0.1, -0.05) is 11.6 Å². The molecule has 1 N–H and O–H groups in total. The Morgan fingerprint density at radius 3 is 2.67 bits per heavy atom. The number of halogens is 3. The first-order valence-electron chi connectivity index (χ1n) is 4.99. The van der Waals surface area contributed by atoms with Crippen molar-refractivity contribution in [2.24, 2.45) is 0 Å². The number of carbonyl (C=O) groups is 1. The Labute approximate surface area is 101 Å². The van der Waals surface area contributed by atoms with Gasteiger partial charge in [0.2, 0.25) is 0 Å². The molecule has 0 atom stereocenters. The number of carboxylic acids is 1. The largest absolute Gasteiger partial charge is 0.484 e. The summed E-state index contributed by atoms with van der Waals surface area (Å²) in [5.41, 5.74) is 1.08. The van der Waals surface area contributed by atoms with Crippen LogP contribution < -0.4 is 4.74 Å². The minimum absolute atomic E-state index is 0.00424. The summed E-state index contributed by atoms with van der Waals surface area (Å²) in [5.74, 6) is -1.19. The van der Waals surface area contributed by atoms with Gasteiger partial charge in [-0.3, -0.25) is 0 Å². The van der Waals surface area contributed by atoms with Crippen LogP contribution in [0.15, 0.2) is 24.3 Å².